The van der Waals surface area contributed by atoms with Crippen molar-refractivity contribution in [3.05, 3.63) is 42.1 Å². The number of hydrogen-bond donors (Lipinski definition) is 1. The van der Waals surface area contributed by atoms with Gasteiger partial charge in [0.25, 0.3) is 0 Å². The van der Waals surface area contributed by atoms with Crippen LogP contribution in [0.1, 0.15) is 5.56 Å². The van der Waals surface area contributed by atoms with E-state index >= 15 is 0 Å². The second-order valence-electron chi connectivity index (χ2n) is 6.26. The summed E-state index contributed by atoms with van der Waals surface area (Å²) >= 11 is 0. The number of imidazole rings is 1. The van der Waals surface area contributed by atoms with Gasteiger partial charge in [-0.25, -0.2) is 9.97 Å². The van der Waals surface area contributed by atoms with Gasteiger partial charge in [-0.15, -0.1) is 0 Å². The molecule has 0 aliphatic carbocycles. The molecule has 130 valence electrons. The molecule has 3 aromatic rings. The molecule has 0 spiro atoms. The lowest BCUT2D eigenvalue weighted by Crippen LogP contribution is -2.38. The van der Waals surface area contributed by atoms with Crippen LogP contribution >= 0.6 is 0 Å². The van der Waals surface area contributed by atoms with E-state index in [1.165, 1.54) is 5.56 Å². The molecule has 0 bridgehead atoms. The summed E-state index contributed by atoms with van der Waals surface area (Å²) in [6.45, 7) is 7.11. The molecule has 1 aliphatic rings. The van der Waals surface area contributed by atoms with Crippen LogP contribution in [0.15, 0.2) is 36.5 Å². The average Bonchev–Trinajstić information content (AvgIpc) is 3.06. The highest BCUT2D eigenvalue weighted by atomic mass is 16.5. The summed E-state index contributed by atoms with van der Waals surface area (Å²) in [5.41, 5.74) is 3.90. The second-order valence-corrected chi connectivity index (χ2v) is 6.26. The molecule has 0 atom stereocenters. The molecule has 1 fully saturated rings. The van der Waals surface area contributed by atoms with Crippen molar-refractivity contribution in [1.82, 2.24) is 19.9 Å². The summed E-state index contributed by atoms with van der Waals surface area (Å²) in [6, 6.07) is 10.0. The third-order valence-electron chi connectivity index (χ3n) is 4.40. The van der Waals surface area contributed by atoms with Crippen molar-refractivity contribution >= 4 is 11.0 Å². The average molecular weight is 338 g/mol. The van der Waals surface area contributed by atoms with Gasteiger partial charge in [0.05, 0.1) is 24.2 Å². The molecule has 0 saturated carbocycles. The van der Waals surface area contributed by atoms with Crippen molar-refractivity contribution in [2.75, 3.05) is 39.5 Å². The third-order valence-corrected chi connectivity index (χ3v) is 4.40. The fourth-order valence-corrected chi connectivity index (χ4v) is 3.03. The fraction of sp³-hybridized carbons (Fsp3) is 0.368. The predicted octanol–water partition coefficient (Wildman–Crippen LogP) is 2.64. The van der Waals surface area contributed by atoms with E-state index in [0.717, 1.165) is 61.1 Å². The van der Waals surface area contributed by atoms with E-state index in [-0.39, 0.29) is 0 Å². The number of ether oxygens (including phenoxy) is 2. The molecule has 1 aromatic carbocycles. The number of nitrogens with one attached hydrogen (secondary N) is 1. The Morgan fingerprint density at radius 1 is 1.24 bits per heavy atom. The van der Waals surface area contributed by atoms with Crippen LogP contribution in [-0.4, -0.2) is 59.3 Å². The van der Waals surface area contributed by atoms with Gasteiger partial charge < -0.3 is 14.5 Å². The topological polar surface area (TPSA) is 63.3 Å². The molecule has 3 heterocycles. The number of aryl methyl sites for hydroxylation is 1. The highest BCUT2D eigenvalue weighted by molar-refractivity contribution is 5.80. The van der Waals surface area contributed by atoms with Crippen molar-refractivity contribution in [3.63, 3.8) is 0 Å². The van der Waals surface area contributed by atoms with Crippen molar-refractivity contribution in [2.45, 2.75) is 6.92 Å². The van der Waals surface area contributed by atoms with Crippen molar-refractivity contribution < 1.29 is 9.47 Å². The Morgan fingerprint density at radius 3 is 3.00 bits per heavy atom. The standard InChI is InChI=1S/C19H22N4O2/c1-14-4-5-15-16(13-14)22-19(21-15)18-17(3-2-6-20-18)25-12-9-23-7-10-24-11-8-23/h2-6,13H,7-12H2,1H3,(H,21,22). The van der Waals surface area contributed by atoms with Crippen LogP contribution in [0.5, 0.6) is 5.75 Å². The molecule has 1 aliphatic heterocycles. The lowest BCUT2D eigenvalue weighted by Gasteiger charge is -2.26. The molecule has 0 amide bonds. The highest BCUT2D eigenvalue weighted by Crippen LogP contribution is 2.27. The number of hydrogen-bond acceptors (Lipinski definition) is 5. The maximum absolute atomic E-state index is 6.01. The van der Waals surface area contributed by atoms with Gasteiger partial charge in [0.2, 0.25) is 0 Å². The third kappa shape index (κ3) is 3.65. The van der Waals surface area contributed by atoms with Crippen LogP contribution in [-0.2, 0) is 4.74 Å². The number of nitrogens with zero attached hydrogens (tertiary/aromatic N) is 3. The van der Waals surface area contributed by atoms with Crippen molar-refractivity contribution in [3.8, 4) is 17.3 Å². The number of aromatic amines is 1. The predicted molar refractivity (Wildman–Crippen MR) is 96.8 cm³/mol. The summed E-state index contributed by atoms with van der Waals surface area (Å²) < 4.78 is 11.4. The van der Waals surface area contributed by atoms with Crippen molar-refractivity contribution in [1.29, 1.82) is 0 Å². The molecule has 1 saturated heterocycles. The number of benzene rings is 1. The van der Waals surface area contributed by atoms with Crippen LogP contribution in [0.25, 0.3) is 22.6 Å². The molecule has 0 unspecified atom stereocenters. The minimum absolute atomic E-state index is 0.623. The maximum Gasteiger partial charge on any atom is 0.161 e. The number of pyridine rings is 1. The van der Waals surface area contributed by atoms with E-state index in [1.807, 2.05) is 18.2 Å². The largest absolute Gasteiger partial charge is 0.490 e. The van der Waals surface area contributed by atoms with Gasteiger partial charge >= 0.3 is 0 Å². The molecule has 6 heteroatoms. The zero-order valence-corrected chi connectivity index (χ0v) is 14.4. The Balaban J connectivity index is 1.51. The molecule has 1 N–H and O–H groups in total. The van der Waals surface area contributed by atoms with E-state index in [4.69, 9.17) is 9.47 Å². The Kier molecular flexibility index (Phi) is 4.63. The van der Waals surface area contributed by atoms with E-state index in [9.17, 15) is 0 Å². The summed E-state index contributed by atoms with van der Waals surface area (Å²) in [5.74, 6) is 1.49. The first kappa shape index (κ1) is 16.1. The van der Waals surface area contributed by atoms with Crippen LogP contribution < -0.4 is 4.74 Å². The van der Waals surface area contributed by atoms with Crippen LogP contribution in [0.2, 0.25) is 0 Å². The van der Waals surface area contributed by atoms with Crippen LogP contribution in [0.4, 0.5) is 0 Å². The van der Waals surface area contributed by atoms with Crippen LogP contribution in [0.3, 0.4) is 0 Å². The lowest BCUT2D eigenvalue weighted by molar-refractivity contribution is 0.0322. The summed E-state index contributed by atoms with van der Waals surface area (Å²) in [4.78, 5) is 14.8. The van der Waals surface area contributed by atoms with E-state index in [1.54, 1.807) is 6.20 Å². The minimum atomic E-state index is 0.623. The Hall–Kier alpha value is -2.44. The molecular formula is C19H22N4O2. The normalized spacial score (nSPS) is 15.6. The summed E-state index contributed by atoms with van der Waals surface area (Å²) in [5, 5.41) is 0. The number of aromatic nitrogens is 3. The van der Waals surface area contributed by atoms with Gasteiger partial charge in [0.1, 0.15) is 18.1 Å². The molecule has 2 aromatic heterocycles. The number of morpholine rings is 1. The molecule has 25 heavy (non-hydrogen) atoms. The Bertz CT molecular complexity index is 856. The molecule has 6 nitrogen and oxygen atoms in total. The van der Waals surface area contributed by atoms with E-state index in [0.29, 0.717) is 6.61 Å². The Labute approximate surface area is 146 Å². The zero-order chi connectivity index (χ0) is 17.1. The molecular weight excluding hydrogens is 316 g/mol. The first-order valence-electron chi connectivity index (χ1n) is 8.64. The SMILES string of the molecule is Cc1ccc2nc(-c3ncccc3OCCN3CCOCC3)[nH]c2c1. The zero-order valence-electron chi connectivity index (χ0n) is 14.4. The number of fused-ring (bicyclic) bond motifs is 1. The van der Waals surface area contributed by atoms with Gasteiger partial charge in [-0.1, -0.05) is 6.07 Å². The van der Waals surface area contributed by atoms with Crippen molar-refractivity contribution in [2.24, 2.45) is 0 Å². The van der Waals surface area contributed by atoms with Crippen LogP contribution in [0, 0.1) is 6.92 Å². The fourth-order valence-electron chi connectivity index (χ4n) is 3.03. The molecule has 4 rings (SSSR count). The van der Waals surface area contributed by atoms with Gasteiger partial charge in [-0.3, -0.25) is 4.90 Å². The van der Waals surface area contributed by atoms with E-state index in [2.05, 4.69) is 38.9 Å². The lowest BCUT2D eigenvalue weighted by atomic mass is 10.2. The minimum Gasteiger partial charge on any atom is -0.490 e. The van der Waals surface area contributed by atoms with Gasteiger partial charge in [0, 0.05) is 25.8 Å². The second kappa shape index (κ2) is 7.21. The summed E-state index contributed by atoms with van der Waals surface area (Å²) in [6.07, 6.45) is 1.77. The number of rotatable bonds is 5. The van der Waals surface area contributed by atoms with E-state index < -0.39 is 0 Å². The summed E-state index contributed by atoms with van der Waals surface area (Å²) in [7, 11) is 0. The van der Waals surface area contributed by atoms with Gasteiger partial charge in [-0.05, 0) is 36.8 Å². The Morgan fingerprint density at radius 2 is 2.12 bits per heavy atom. The monoisotopic (exact) mass is 338 g/mol. The smallest absolute Gasteiger partial charge is 0.161 e. The first-order chi connectivity index (χ1) is 12.3. The first-order valence-corrected chi connectivity index (χ1v) is 8.64. The molecule has 0 radical (unpaired) electrons. The highest BCUT2D eigenvalue weighted by Gasteiger charge is 2.14. The quantitative estimate of drug-likeness (QED) is 0.775. The van der Waals surface area contributed by atoms with Gasteiger partial charge in [-0.2, -0.15) is 0 Å². The van der Waals surface area contributed by atoms with Gasteiger partial charge in [0.15, 0.2) is 5.82 Å². The maximum atomic E-state index is 6.01. The number of H-pyrrole nitrogens is 1.